The Morgan fingerprint density at radius 1 is 1.53 bits per heavy atom. The molecule has 1 saturated carbocycles. The van der Waals surface area contributed by atoms with Gasteiger partial charge in [0.25, 0.3) is 0 Å². The second kappa shape index (κ2) is 6.48. The van der Waals surface area contributed by atoms with Crippen LogP contribution in [0.5, 0.6) is 0 Å². The molecular formula is C14H22F2N2O. The Kier molecular flexibility index (Phi) is 4.93. The van der Waals surface area contributed by atoms with Crippen molar-refractivity contribution in [1.82, 2.24) is 5.43 Å². The van der Waals surface area contributed by atoms with Crippen LogP contribution in [0.3, 0.4) is 0 Å². The van der Waals surface area contributed by atoms with Crippen LogP contribution in [-0.4, -0.2) is 12.0 Å². The van der Waals surface area contributed by atoms with Gasteiger partial charge in [-0.15, -0.1) is 0 Å². The molecule has 0 amide bonds. The fraction of sp³-hybridized carbons (Fsp3) is 0.714. The van der Waals surface area contributed by atoms with Crippen LogP contribution >= 0.6 is 0 Å². The molecule has 3 nitrogen and oxygen atoms in total. The van der Waals surface area contributed by atoms with E-state index in [2.05, 4.69) is 5.43 Å². The SMILES string of the molecule is NNC(CCc1ccco1)CC1CCCC(F)(F)C1. The lowest BCUT2D eigenvalue weighted by atomic mass is 9.82. The molecule has 2 rings (SSSR count). The number of hydrazine groups is 1. The summed E-state index contributed by atoms with van der Waals surface area (Å²) in [5.74, 6) is 4.03. The van der Waals surface area contributed by atoms with E-state index in [4.69, 9.17) is 10.3 Å². The third-order valence-electron chi connectivity index (χ3n) is 3.92. The van der Waals surface area contributed by atoms with Crippen LogP contribution in [0, 0.1) is 5.92 Å². The lowest BCUT2D eigenvalue weighted by molar-refractivity contribution is -0.0548. The Morgan fingerprint density at radius 3 is 3.00 bits per heavy atom. The van der Waals surface area contributed by atoms with Gasteiger partial charge in [-0.05, 0) is 43.7 Å². The molecular weight excluding hydrogens is 250 g/mol. The maximum Gasteiger partial charge on any atom is 0.248 e. The minimum absolute atomic E-state index is 0.00588. The Bertz CT molecular complexity index is 368. The zero-order valence-corrected chi connectivity index (χ0v) is 11.1. The fourth-order valence-electron chi connectivity index (χ4n) is 2.92. The maximum atomic E-state index is 13.4. The van der Waals surface area contributed by atoms with Gasteiger partial charge in [0.2, 0.25) is 5.92 Å². The number of aryl methyl sites for hydroxylation is 1. The molecule has 2 unspecified atom stereocenters. The molecule has 1 aliphatic carbocycles. The van der Waals surface area contributed by atoms with Crippen molar-refractivity contribution in [2.24, 2.45) is 11.8 Å². The number of halogens is 2. The van der Waals surface area contributed by atoms with Gasteiger partial charge < -0.3 is 4.42 Å². The van der Waals surface area contributed by atoms with E-state index < -0.39 is 5.92 Å². The van der Waals surface area contributed by atoms with Gasteiger partial charge in [-0.2, -0.15) is 0 Å². The van der Waals surface area contributed by atoms with Gasteiger partial charge in [-0.3, -0.25) is 11.3 Å². The van der Waals surface area contributed by atoms with Crippen molar-refractivity contribution in [3.63, 3.8) is 0 Å². The number of hydrogen-bond acceptors (Lipinski definition) is 3. The molecule has 2 atom stereocenters. The molecule has 3 N–H and O–H groups in total. The van der Waals surface area contributed by atoms with E-state index in [1.165, 1.54) is 0 Å². The number of alkyl halides is 2. The van der Waals surface area contributed by atoms with Crippen LogP contribution < -0.4 is 11.3 Å². The first kappa shape index (κ1) is 14.5. The second-order valence-electron chi connectivity index (χ2n) is 5.54. The van der Waals surface area contributed by atoms with E-state index in [0.717, 1.165) is 25.0 Å². The molecule has 19 heavy (non-hydrogen) atoms. The predicted octanol–water partition coefficient (Wildman–Crippen LogP) is 3.26. The van der Waals surface area contributed by atoms with Crippen LogP contribution in [0.1, 0.15) is 44.3 Å². The molecule has 0 saturated heterocycles. The van der Waals surface area contributed by atoms with Crippen molar-refractivity contribution >= 4 is 0 Å². The van der Waals surface area contributed by atoms with Gasteiger partial charge in [0.05, 0.1) is 6.26 Å². The number of nitrogens with one attached hydrogen (secondary N) is 1. The van der Waals surface area contributed by atoms with Crippen molar-refractivity contribution < 1.29 is 13.2 Å². The molecule has 0 bridgehead atoms. The number of nitrogens with two attached hydrogens (primary N) is 1. The Balaban J connectivity index is 1.78. The third kappa shape index (κ3) is 4.58. The third-order valence-corrected chi connectivity index (χ3v) is 3.92. The fourth-order valence-corrected chi connectivity index (χ4v) is 2.92. The quantitative estimate of drug-likeness (QED) is 0.617. The molecule has 0 aromatic carbocycles. The van der Waals surface area contributed by atoms with Crippen LogP contribution in [0.2, 0.25) is 0 Å². The first-order chi connectivity index (χ1) is 9.09. The zero-order valence-electron chi connectivity index (χ0n) is 11.1. The molecule has 1 aromatic rings. The van der Waals surface area contributed by atoms with Crippen molar-refractivity contribution in [1.29, 1.82) is 0 Å². The summed E-state index contributed by atoms with van der Waals surface area (Å²) in [7, 11) is 0. The molecule has 1 heterocycles. The predicted molar refractivity (Wildman–Crippen MR) is 69.7 cm³/mol. The average molecular weight is 272 g/mol. The normalized spacial score (nSPS) is 24.3. The van der Waals surface area contributed by atoms with Crippen LogP contribution in [-0.2, 0) is 6.42 Å². The molecule has 108 valence electrons. The molecule has 0 spiro atoms. The summed E-state index contributed by atoms with van der Waals surface area (Å²) in [6, 6.07) is 3.84. The van der Waals surface area contributed by atoms with Crippen molar-refractivity contribution in [3.8, 4) is 0 Å². The van der Waals surface area contributed by atoms with E-state index in [1.54, 1.807) is 6.26 Å². The zero-order chi connectivity index (χ0) is 13.7. The summed E-state index contributed by atoms with van der Waals surface area (Å²) in [6.07, 6.45) is 5.50. The summed E-state index contributed by atoms with van der Waals surface area (Å²) in [5.41, 5.74) is 2.75. The highest BCUT2D eigenvalue weighted by Crippen LogP contribution is 2.38. The van der Waals surface area contributed by atoms with E-state index in [1.807, 2.05) is 12.1 Å². The van der Waals surface area contributed by atoms with Gasteiger partial charge in [0, 0.05) is 25.3 Å². The van der Waals surface area contributed by atoms with Crippen LogP contribution in [0.4, 0.5) is 8.78 Å². The summed E-state index contributed by atoms with van der Waals surface area (Å²) >= 11 is 0. The van der Waals surface area contributed by atoms with Crippen LogP contribution in [0.15, 0.2) is 22.8 Å². The molecule has 5 heteroatoms. The molecule has 0 radical (unpaired) electrons. The summed E-state index contributed by atoms with van der Waals surface area (Å²) in [5, 5.41) is 0. The van der Waals surface area contributed by atoms with E-state index in [-0.39, 0.29) is 24.8 Å². The van der Waals surface area contributed by atoms with Gasteiger partial charge in [-0.1, -0.05) is 0 Å². The number of hydrogen-bond donors (Lipinski definition) is 2. The molecule has 1 fully saturated rings. The van der Waals surface area contributed by atoms with Gasteiger partial charge in [0.15, 0.2) is 0 Å². The maximum absolute atomic E-state index is 13.4. The molecule has 1 aromatic heterocycles. The number of rotatable bonds is 6. The average Bonchev–Trinajstić information content (AvgIpc) is 2.86. The van der Waals surface area contributed by atoms with Crippen molar-refractivity contribution in [2.45, 2.75) is 56.9 Å². The summed E-state index contributed by atoms with van der Waals surface area (Å²) in [4.78, 5) is 0. The van der Waals surface area contributed by atoms with Gasteiger partial charge >= 0.3 is 0 Å². The first-order valence-electron chi connectivity index (χ1n) is 6.95. The lowest BCUT2D eigenvalue weighted by Crippen LogP contribution is -2.38. The second-order valence-corrected chi connectivity index (χ2v) is 5.54. The standard InChI is InChI=1S/C14H22F2N2O/c15-14(16)7-1-3-11(10-14)9-12(18-17)5-6-13-4-2-8-19-13/h2,4,8,11-12,18H,1,3,5-7,9-10,17H2. The van der Waals surface area contributed by atoms with E-state index in [0.29, 0.717) is 12.8 Å². The highest BCUT2D eigenvalue weighted by atomic mass is 19.3. The summed E-state index contributed by atoms with van der Waals surface area (Å²) < 4.78 is 32.0. The monoisotopic (exact) mass is 272 g/mol. The molecule has 0 aliphatic heterocycles. The largest absolute Gasteiger partial charge is 0.469 e. The number of furan rings is 1. The highest BCUT2D eigenvalue weighted by Gasteiger charge is 2.36. The van der Waals surface area contributed by atoms with Crippen LogP contribution in [0.25, 0.3) is 0 Å². The first-order valence-corrected chi connectivity index (χ1v) is 6.95. The topological polar surface area (TPSA) is 51.2 Å². The van der Waals surface area contributed by atoms with Gasteiger partial charge in [-0.25, -0.2) is 8.78 Å². The van der Waals surface area contributed by atoms with E-state index >= 15 is 0 Å². The Morgan fingerprint density at radius 2 is 2.37 bits per heavy atom. The minimum atomic E-state index is -2.48. The van der Waals surface area contributed by atoms with Gasteiger partial charge in [0.1, 0.15) is 5.76 Å². The summed E-state index contributed by atoms with van der Waals surface area (Å²) in [6.45, 7) is 0. The van der Waals surface area contributed by atoms with Crippen molar-refractivity contribution in [3.05, 3.63) is 24.2 Å². The minimum Gasteiger partial charge on any atom is -0.469 e. The van der Waals surface area contributed by atoms with E-state index in [9.17, 15) is 8.78 Å². The lowest BCUT2D eigenvalue weighted by Gasteiger charge is -2.31. The smallest absolute Gasteiger partial charge is 0.248 e. The Labute approximate surface area is 112 Å². The molecule has 1 aliphatic rings. The Hall–Kier alpha value is -0.940. The highest BCUT2D eigenvalue weighted by molar-refractivity contribution is 4.98. The van der Waals surface area contributed by atoms with Crippen molar-refractivity contribution in [2.75, 3.05) is 0 Å².